The third-order valence-corrected chi connectivity index (χ3v) is 1.81. The van der Waals surface area contributed by atoms with Crippen LogP contribution in [0.3, 0.4) is 0 Å². The molecule has 0 aliphatic heterocycles. The van der Waals surface area contributed by atoms with Gasteiger partial charge in [-0.05, 0) is 13.3 Å². The van der Waals surface area contributed by atoms with Crippen molar-refractivity contribution >= 4 is 11.9 Å². The summed E-state index contributed by atoms with van der Waals surface area (Å²) in [5, 5.41) is 0. The molecule has 3 heteroatoms. The highest BCUT2D eigenvalue weighted by Crippen LogP contribution is 2.18. The molecular weight excluding hydrogens is 164 g/mol. The van der Waals surface area contributed by atoms with Crippen molar-refractivity contribution in [2.45, 2.75) is 32.5 Å². The van der Waals surface area contributed by atoms with Crippen LogP contribution in [-0.2, 0) is 9.03 Å². The molecule has 0 heterocycles. The van der Waals surface area contributed by atoms with E-state index in [-0.39, 0.29) is 0 Å². The first kappa shape index (κ1) is 11.0. The molecule has 1 atom stereocenters. The van der Waals surface area contributed by atoms with Crippen molar-refractivity contribution in [3.63, 3.8) is 0 Å². The van der Waals surface area contributed by atoms with Crippen LogP contribution in [0.25, 0.3) is 0 Å². The lowest BCUT2D eigenvalue weighted by atomic mass is 10.2. The second-order valence-electron chi connectivity index (χ2n) is 2.50. The Labute approximate surface area is 73.3 Å². The van der Waals surface area contributed by atoms with E-state index in [2.05, 4.69) is 11.2 Å². The average Bonchev–Trinajstić information content (AvgIpc) is 2.05. The third-order valence-electron chi connectivity index (χ3n) is 1.49. The molecule has 0 saturated heterocycles. The molecule has 2 nitrogen and oxygen atoms in total. The van der Waals surface area contributed by atoms with Crippen LogP contribution in [-0.4, -0.2) is 12.9 Å². The summed E-state index contributed by atoms with van der Waals surface area (Å²) in [6, 6.07) is 0. The molecule has 0 amide bonds. The molecule has 0 fully saturated rings. The lowest BCUT2D eigenvalue weighted by molar-refractivity contribution is -0.142. The summed E-state index contributed by atoms with van der Waals surface area (Å²) < 4.78 is 9.66. The van der Waals surface area contributed by atoms with Crippen molar-refractivity contribution in [1.82, 2.24) is 0 Å². The van der Waals surface area contributed by atoms with E-state index >= 15 is 0 Å². The number of halogens is 1. The Morgan fingerprint density at radius 2 is 2.09 bits per heavy atom. The fraction of sp³-hybridized carbons (Fsp3) is 0.750. The first-order valence-electron chi connectivity index (χ1n) is 3.68. The summed E-state index contributed by atoms with van der Waals surface area (Å²) in [7, 11) is 1.57. The Balaban J connectivity index is 3.77. The number of hydrogen-bond donors (Lipinski definition) is 0. The van der Waals surface area contributed by atoms with E-state index in [4.69, 9.17) is 16.6 Å². The summed E-state index contributed by atoms with van der Waals surface area (Å²) in [5.41, 5.74) is 0. The fourth-order valence-corrected chi connectivity index (χ4v) is 0.736. The molecule has 0 radical (unpaired) electrons. The van der Waals surface area contributed by atoms with Gasteiger partial charge in [0.25, 0.3) is 0 Å². The minimum absolute atomic E-state index is 0.668. The summed E-state index contributed by atoms with van der Waals surface area (Å²) in [6.07, 6.45) is 5.72. The normalized spacial score (nSPS) is 17.1. The van der Waals surface area contributed by atoms with Crippen LogP contribution in [0.4, 0.5) is 0 Å². The van der Waals surface area contributed by atoms with E-state index < -0.39 is 5.79 Å². The number of ether oxygens (including phenoxy) is 1. The first-order chi connectivity index (χ1) is 5.18. The molecule has 11 heavy (non-hydrogen) atoms. The fourth-order valence-electron chi connectivity index (χ4n) is 0.610. The van der Waals surface area contributed by atoms with E-state index in [9.17, 15) is 0 Å². The monoisotopic (exact) mass is 178 g/mol. The molecule has 0 saturated carbocycles. The largest absolute Gasteiger partial charge is 0.352 e. The maximum absolute atomic E-state index is 5.23. The van der Waals surface area contributed by atoms with E-state index in [0.717, 1.165) is 6.42 Å². The molecular formula is C8H15ClO2. The maximum Gasteiger partial charge on any atom is 0.187 e. The lowest BCUT2D eigenvalue weighted by Gasteiger charge is -2.21. The summed E-state index contributed by atoms with van der Waals surface area (Å²) in [4.78, 5) is 0. The second-order valence-corrected chi connectivity index (χ2v) is 2.65. The Kier molecular flexibility index (Phi) is 5.56. The van der Waals surface area contributed by atoms with Gasteiger partial charge in [-0.25, -0.2) is 4.29 Å². The number of allylic oxidation sites excluding steroid dienone is 1. The van der Waals surface area contributed by atoms with Gasteiger partial charge in [-0.1, -0.05) is 19.1 Å². The molecule has 0 aromatic heterocycles. The van der Waals surface area contributed by atoms with Gasteiger partial charge in [-0.15, -0.1) is 0 Å². The highest BCUT2D eigenvalue weighted by Gasteiger charge is 2.21. The predicted molar refractivity (Wildman–Crippen MR) is 46.4 cm³/mol. The predicted octanol–water partition coefficient (Wildman–Crippen LogP) is 2.88. The van der Waals surface area contributed by atoms with Crippen molar-refractivity contribution in [2.24, 2.45) is 0 Å². The minimum atomic E-state index is -0.687. The molecule has 0 aliphatic rings. The Bertz CT molecular complexity index is 119. The quantitative estimate of drug-likeness (QED) is 0.476. The van der Waals surface area contributed by atoms with Gasteiger partial charge >= 0.3 is 0 Å². The zero-order valence-electron chi connectivity index (χ0n) is 7.26. The third kappa shape index (κ3) is 4.40. The molecule has 0 aromatic carbocycles. The van der Waals surface area contributed by atoms with Crippen LogP contribution in [0.1, 0.15) is 26.7 Å². The van der Waals surface area contributed by atoms with Crippen molar-refractivity contribution in [3.8, 4) is 0 Å². The highest BCUT2D eigenvalue weighted by molar-refractivity contribution is 6.07. The van der Waals surface area contributed by atoms with Crippen LogP contribution in [0.5, 0.6) is 0 Å². The van der Waals surface area contributed by atoms with Gasteiger partial charge in [0, 0.05) is 13.5 Å². The molecule has 66 valence electrons. The Morgan fingerprint density at radius 3 is 2.45 bits per heavy atom. The van der Waals surface area contributed by atoms with E-state index in [1.54, 1.807) is 14.0 Å². The topological polar surface area (TPSA) is 18.5 Å². The van der Waals surface area contributed by atoms with Gasteiger partial charge < -0.3 is 4.74 Å². The number of methoxy groups -OCH3 is 1. The lowest BCUT2D eigenvalue weighted by Crippen LogP contribution is -2.26. The van der Waals surface area contributed by atoms with Crippen molar-refractivity contribution in [3.05, 3.63) is 12.2 Å². The molecule has 0 rings (SSSR count). The van der Waals surface area contributed by atoms with Crippen molar-refractivity contribution < 1.29 is 9.03 Å². The molecule has 0 spiro atoms. The first-order valence-corrected chi connectivity index (χ1v) is 3.99. The second kappa shape index (κ2) is 5.58. The van der Waals surface area contributed by atoms with Gasteiger partial charge in [0.15, 0.2) is 5.79 Å². The zero-order valence-corrected chi connectivity index (χ0v) is 8.02. The molecule has 0 N–H and O–H groups in total. The van der Waals surface area contributed by atoms with Crippen LogP contribution in [0, 0.1) is 0 Å². The van der Waals surface area contributed by atoms with Crippen LogP contribution < -0.4 is 0 Å². The summed E-state index contributed by atoms with van der Waals surface area (Å²) in [5.74, 6) is -0.687. The number of rotatable bonds is 5. The average molecular weight is 179 g/mol. The van der Waals surface area contributed by atoms with E-state index in [1.165, 1.54) is 0 Å². The molecule has 0 aliphatic carbocycles. The van der Waals surface area contributed by atoms with Gasteiger partial charge in [0.1, 0.15) is 0 Å². The van der Waals surface area contributed by atoms with Crippen LogP contribution >= 0.6 is 11.9 Å². The standard InChI is InChI=1S/C8H15ClO2/c1-4-5-6-7-8(2,10-3)11-9/h5-6H,4,7H2,1-3H3/b6-5-. The van der Waals surface area contributed by atoms with E-state index in [1.807, 2.05) is 12.2 Å². The zero-order chi connectivity index (χ0) is 8.74. The molecule has 1 unspecified atom stereocenters. The van der Waals surface area contributed by atoms with Crippen molar-refractivity contribution in [2.75, 3.05) is 7.11 Å². The highest BCUT2D eigenvalue weighted by atomic mass is 35.5. The maximum atomic E-state index is 5.23. The minimum Gasteiger partial charge on any atom is -0.352 e. The smallest absolute Gasteiger partial charge is 0.187 e. The van der Waals surface area contributed by atoms with Crippen LogP contribution in [0.2, 0.25) is 0 Å². The number of hydrogen-bond acceptors (Lipinski definition) is 2. The van der Waals surface area contributed by atoms with Gasteiger partial charge in [-0.3, -0.25) is 0 Å². The SMILES string of the molecule is CC/C=C\CC(C)(OC)OCl. The van der Waals surface area contributed by atoms with Gasteiger partial charge in [0.05, 0.1) is 11.9 Å². The van der Waals surface area contributed by atoms with E-state index in [0.29, 0.717) is 6.42 Å². The molecule has 0 bridgehead atoms. The molecule has 0 aromatic rings. The Hall–Kier alpha value is -0.0500. The van der Waals surface area contributed by atoms with Gasteiger partial charge in [-0.2, -0.15) is 0 Å². The van der Waals surface area contributed by atoms with Crippen molar-refractivity contribution in [1.29, 1.82) is 0 Å². The summed E-state index contributed by atoms with van der Waals surface area (Å²) in [6.45, 7) is 3.86. The summed E-state index contributed by atoms with van der Waals surface area (Å²) >= 11 is 5.23. The van der Waals surface area contributed by atoms with Crippen LogP contribution in [0.15, 0.2) is 12.2 Å². The Morgan fingerprint density at radius 1 is 1.45 bits per heavy atom. The van der Waals surface area contributed by atoms with Gasteiger partial charge in [0.2, 0.25) is 0 Å².